The molecule has 1 atom stereocenters. The van der Waals surface area contributed by atoms with Gasteiger partial charge in [-0.25, -0.2) is 19.6 Å². The summed E-state index contributed by atoms with van der Waals surface area (Å²) in [5.74, 6) is 0.478. The highest BCUT2D eigenvalue weighted by molar-refractivity contribution is 7.13. The first-order chi connectivity index (χ1) is 12.2. The third-order valence-electron chi connectivity index (χ3n) is 3.97. The number of piperazine rings is 1. The summed E-state index contributed by atoms with van der Waals surface area (Å²) in [6.45, 7) is 4.30. The predicted molar refractivity (Wildman–Crippen MR) is 93.6 cm³/mol. The van der Waals surface area contributed by atoms with E-state index < -0.39 is 0 Å². The molecule has 1 saturated heterocycles. The fraction of sp³-hybridized carbons (Fsp3) is 0.312. The maximum atomic E-state index is 12.6. The maximum absolute atomic E-state index is 12.6. The Kier molecular flexibility index (Phi) is 4.24. The number of hydrogen-bond donors (Lipinski definition) is 1. The highest BCUT2D eigenvalue weighted by atomic mass is 32.1. The van der Waals surface area contributed by atoms with Crippen LogP contribution in [0.2, 0.25) is 0 Å². The van der Waals surface area contributed by atoms with Gasteiger partial charge in [-0.15, -0.1) is 11.3 Å². The van der Waals surface area contributed by atoms with Gasteiger partial charge in [0.25, 0.3) is 5.91 Å². The first kappa shape index (κ1) is 15.9. The van der Waals surface area contributed by atoms with Crippen LogP contribution in [0.4, 0.5) is 0 Å². The normalized spacial score (nSPS) is 17.6. The first-order valence-electron chi connectivity index (χ1n) is 8.01. The SMILES string of the molecule is C[C@H]1CN(C(=O)c2csc(-c3cnn(-c4ncccn4)c3)n2)CCN1. The average Bonchev–Trinajstić information content (AvgIpc) is 3.31. The monoisotopic (exact) mass is 355 g/mol. The van der Waals surface area contributed by atoms with Crippen molar-refractivity contribution in [2.24, 2.45) is 0 Å². The number of amides is 1. The maximum Gasteiger partial charge on any atom is 0.273 e. The molecule has 1 N–H and O–H groups in total. The molecule has 4 heterocycles. The summed E-state index contributed by atoms with van der Waals surface area (Å²) in [6.07, 6.45) is 6.85. The Balaban J connectivity index is 1.53. The zero-order chi connectivity index (χ0) is 17.2. The lowest BCUT2D eigenvalue weighted by Crippen LogP contribution is -2.51. The number of hydrogen-bond acceptors (Lipinski definition) is 7. The summed E-state index contributed by atoms with van der Waals surface area (Å²) in [6, 6.07) is 2.06. The van der Waals surface area contributed by atoms with Crippen molar-refractivity contribution < 1.29 is 4.79 Å². The minimum absolute atomic E-state index is 0.0189. The van der Waals surface area contributed by atoms with E-state index in [0.29, 0.717) is 30.8 Å². The molecule has 0 aliphatic carbocycles. The van der Waals surface area contributed by atoms with Crippen LogP contribution < -0.4 is 5.32 Å². The third-order valence-corrected chi connectivity index (χ3v) is 4.86. The van der Waals surface area contributed by atoms with Crippen molar-refractivity contribution in [1.82, 2.24) is 34.9 Å². The molecule has 1 aliphatic heterocycles. The molecule has 0 unspecified atom stereocenters. The van der Waals surface area contributed by atoms with Gasteiger partial charge in [0.15, 0.2) is 0 Å². The molecule has 3 aromatic rings. The number of nitrogens with zero attached hydrogens (tertiary/aromatic N) is 6. The second kappa shape index (κ2) is 6.69. The number of nitrogens with one attached hydrogen (secondary N) is 1. The molecule has 9 heteroatoms. The highest BCUT2D eigenvalue weighted by Crippen LogP contribution is 2.24. The molecule has 0 radical (unpaired) electrons. The van der Waals surface area contributed by atoms with Gasteiger partial charge in [-0.2, -0.15) is 5.10 Å². The third kappa shape index (κ3) is 3.28. The van der Waals surface area contributed by atoms with Crippen LogP contribution in [0.3, 0.4) is 0 Å². The highest BCUT2D eigenvalue weighted by Gasteiger charge is 2.23. The van der Waals surface area contributed by atoms with Gasteiger partial charge in [0.1, 0.15) is 10.7 Å². The molecular formula is C16H17N7OS. The van der Waals surface area contributed by atoms with Crippen LogP contribution in [0.15, 0.2) is 36.2 Å². The van der Waals surface area contributed by atoms with Gasteiger partial charge in [-0.05, 0) is 13.0 Å². The van der Waals surface area contributed by atoms with Crippen LogP contribution in [-0.2, 0) is 0 Å². The second-order valence-corrected chi connectivity index (χ2v) is 6.72. The van der Waals surface area contributed by atoms with Gasteiger partial charge in [-0.1, -0.05) is 0 Å². The molecule has 1 aliphatic rings. The van der Waals surface area contributed by atoms with Gasteiger partial charge in [0.05, 0.1) is 6.20 Å². The van der Waals surface area contributed by atoms with E-state index in [9.17, 15) is 4.79 Å². The number of rotatable bonds is 3. The van der Waals surface area contributed by atoms with E-state index in [1.165, 1.54) is 11.3 Å². The Morgan fingerprint density at radius 1 is 1.36 bits per heavy atom. The minimum Gasteiger partial charge on any atom is -0.334 e. The summed E-state index contributed by atoms with van der Waals surface area (Å²) in [4.78, 5) is 27.3. The van der Waals surface area contributed by atoms with Crippen molar-refractivity contribution in [3.63, 3.8) is 0 Å². The van der Waals surface area contributed by atoms with Crippen molar-refractivity contribution >= 4 is 17.2 Å². The number of aromatic nitrogens is 5. The lowest BCUT2D eigenvalue weighted by molar-refractivity contribution is 0.0704. The zero-order valence-electron chi connectivity index (χ0n) is 13.7. The standard InChI is InChI=1S/C16H17N7OS/c1-11-8-22(6-5-17-11)15(24)13-10-25-14(21-13)12-7-20-23(9-12)16-18-3-2-4-19-16/h2-4,7,9-11,17H,5-6,8H2,1H3/t11-/m0/s1. The van der Waals surface area contributed by atoms with Crippen LogP contribution in [0.5, 0.6) is 0 Å². The van der Waals surface area contributed by atoms with Crippen molar-refractivity contribution in [2.75, 3.05) is 19.6 Å². The largest absolute Gasteiger partial charge is 0.334 e. The summed E-state index contributed by atoms with van der Waals surface area (Å²) in [5, 5.41) is 10.2. The van der Waals surface area contributed by atoms with E-state index in [0.717, 1.165) is 17.1 Å². The molecule has 128 valence electrons. The summed E-state index contributed by atoms with van der Waals surface area (Å²) < 4.78 is 1.59. The summed E-state index contributed by atoms with van der Waals surface area (Å²) >= 11 is 1.44. The van der Waals surface area contributed by atoms with E-state index in [2.05, 4.69) is 32.3 Å². The van der Waals surface area contributed by atoms with E-state index in [4.69, 9.17) is 0 Å². The topological polar surface area (TPSA) is 88.8 Å². The van der Waals surface area contributed by atoms with E-state index >= 15 is 0 Å². The van der Waals surface area contributed by atoms with Crippen molar-refractivity contribution in [2.45, 2.75) is 13.0 Å². The predicted octanol–water partition coefficient (Wildman–Crippen LogP) is 1.22. The molecule has 25 heavy (non-hydrogen) atoms. The Morgan fingerprint density at radius 3 is 3.00 bits per heavy atom. The minimum atomic E-state index is -0.0189. The molecule has 1 amide bonds. The molecule has 4 rings (SSSR count). The van der Waals surface area contributed by atoms with Crippen LogP contribution in [0, 0.1) is 0 Å². The first-order valence-corrected chi connectivity index (χ1v) is 8.89. The lowest BCUT2D eigenvalue weighted by Gasteiger charge is -2.31. The molecule has 0 spiro atoms. The van der Waals surface area contributed by atoms with E-state index in [1.54, 1.807) is 34.7 Å². The molecule has 0 saturated carbocycles. The Hall–Kier alpha value is -2.65. The van der Waals surface area contributed by atoms with Crippen LogP contribution >= 0.6 is 11.3 Å². The number of carbonyl (C=O) groups is 1. The molecule has 3 aromatic heterocycles. The quantitative estimate of drug-likeness (QED) is 0.760. The van der Waals surface area contributed by atoms with Crippen LogP contribution in [0.1, 0.15) is 17.4 Å². The molecule has 0 bridgehead atoms. The molecule has 0 aromatic carbocycles. The fourth-order valence-corrected chi connectivity index (χ4v) is 3.50. The summed E-state index contributed by atoms with van der Waals surface area (Å²) in [5.41, 5.74) is 1.32. The summed E-state index contributed by atoms with van der Waals surface area (Å²) in [7, 11) is 0. The number of thiazole rings is 1. The van der Waals surface area contributed by atoms with Crippen molar-refractivity contribution in [3.05, 3.63) is 41.9 Å². The van der Waals surface area contributed by atoms with E-state index in [-0.39, 0.29) is 5.91 Å². The molecule has 1 fully saturated rings. The van der Waals surface area contributed by atoms with Crippen molar-refractivity contribution in [1.29, 1.82) is 0 Å². The fourth-order valence-electron chi connectivity index (χ4n) is 2.74. The van der Waals surface area contributed by atoms with Gasteiger partial charge in [0, 0.05) is 55.2 Å². The smallest absolute Gasteiger partial charge is 0.273 e. The van der Waals surface area contributed by atoms with Crippen LogP contribution in [-0.4, -0.2) is 61.2 Å². The van der Waals surface area contributed by atoms with Gasteiger partial charge in [0.2, 0.25) is 5.95 Å². The van der Waals surface area contributed by atoms with Gasteiger partial charge < -0.3 is 10.2 Å². The number of carbonyl (C=O) groups excluding carboxylic acids is 1. The molecular weight excluding hydrogens is 338 g/mol. The van der Waals surface area contributed by atoms with Gasteiger partial charge >= 0.3 is 0 Å². The molecule has 8 nitrogen and oxygen atoms in total. The van der Waals surface area contributed by atoms with Gasteiger partial charge in [-0.3, -0.25) is 4.79 Å². The van der Waals surface area contributed by atoms with Crippen molar-refractivity contribution in [3.8, 4) is 16.5 Å². The average molecular weight is 355 g/mol. The Morgan fingerprint density at radius 2 is 2.20 bits per heavy atom. The second-order valence-electron chi connectivity index (χ2n) is 5.87. The Labute approximate surface area is 148 Å². The van der Waals surface area contributed by atoms with Crippen LogP contribution in [0.25, 0.3) is 16.5 Å². The van der Waals surface area contributed by atoms with E-state index in [1.807, 2.05) is 11.1 Å². The lowest BCUT2D eigenvalue weighted by atomic mass is 10.2. The Bertz CT molecular complexity index is 876. The zero-order valence-corrected chi connectivity index (χ0v) is 14.5.